The van der Waals surface area contributed by atoms with Crippen LogP contribution in [0.3, 0.4) is 0 Å². The van der Waals surface area contributed by atoms with E-state index in [1.165, 1.54) is 5.56 Å². The first-order chi connectivity index (χ1) is 13.0. The van der Waals surface area contributed by atoms with Crippen LogP contribution >= 0.6 is 12.4 Å². The van der Waals surface area contributed by atoms with Gasteiger partial charge in [-0.05, 0) is 43.0 Å². The lowest BCUT2D eigenvalue weighted by molar-refractivity contribution is 0.0996. The number of rotatable bonds is 11. The summed E-state index contributed by atoms with van der Waals surface area (Å²) in [5.41, 5.74) is 7.61. The first-order valence-electron chi connectivity index (χ1n) is 9.14. The topological polar surface area (TPSA) is 84.6 Å². The van der Waals surface area contributed by atoms with Gasteiger partial charge in [-0.3, -0.25) is 4.79 Å². The number of halogens is 1. The van der Waals surface area contributed by atoms with Crippen LogP contribution in [0, 0.1) is 0 Å². The van der Waals surface area contributed by atoms with Gasteiger partial charge in [0.15, 0.2) is 0 Å². The molecule has 2 aromatic rings. The van der Waals surface area contributed by atoms with E-state index in [9.17, 15) is 9.90 Å². The molecule has 28 heavy (non-hydrogen) atoms. The lowest BCUT2D eigenvalue weighted by Gasteiger charge is -2.18. The molecule has 4 N–H and O–H groups in total. The molecular formula is C22H29ClN2O3. The summed E-state index contributed by atoms with van der Waals surface area (Å²) >= 11 is 0. The van der Waals surface area contributed by atoms with Crippen molar-refractivity contribution in [3.05, 3.63) is 77.9 Å². The Hall–Kier alpha value is -2.34. The van der Waals surface area contributed by atoms with Crippen molar-refractivity contribution < 1.29 is 14.6 Å². The van der Waals surface area contributed by atoms with Crippen LogP contribution in [0.4, 0.5) is 0 Å². The van der Waals surface area contributed by atoms with Crippen LogP contribution < -0.4 is 15.8 Å². The first kappa shape index (κ1) is 23.7. The number of carbonyl (C=O) groups excluding carboxylic acids is 1. The Morgan fingerprint density at radius 1 is 1.29 bits per heavy atom. The molecule has 2 rings (SSSR count). The van der Waals surface area contributed by atoms with Crippen molar-refractivity contribution in [2.24, 2.45) is 5.73 Å². The van der Waals surface area contributed by atoms with Gasteiger partial charge in [0.05, 0.1) is 11.7 Å². The predicted molar refractivity (Wildman–Crippen MR) is 115 cm³/mol. The third-order valence-corrected chi connectivity index (χ3v) is 4.38. The highest BCUT2D eigenvalue weighted by Gasteiger charge is 2.15. The normalized spacial score (nSPS) is 12.5. The molecule has 2 atom stereocenters. The summed E-state index contributed by atoms with van der Waals surface area (Å²) in [6.07, 6.45) is 2.80. The van der Waals surface area contributed by atoms with E-state index < -0.39 is 12.0 Å². The average molecular weight is 405 g/mol. The van der Waals surface area contributed by atoms with Crippen molar-refractivity contribution in [3.63, 3.8) is 0 Å². The zero-order valence-electron chi connectivity index (χ0n) is 16.1. The molecule has 0 aromatic heterocycles. The average Bonchev–Trinajstić information content (AvgIpc) is 2.69. The molecule has 0 saturated heterocycles. The number of carbonyl (C=O) groups is 1. The Kier molecular flexibility index (Phi) is 10.3. The molecule has 0 spiro atoms. The fraction of sp³-hybridized carbons (Fsp3) is 0.318. The third-order valence-electron chi connectivity index (χ3n) is 4.38. The Morgan fingerprint density at radius 2 is 2.00 bits per heavy atom. The summed E-state index contributed by atoms with van der Waals surface area (Å²) < 4.78 is 5.44. The minimum Gasteiger partial charge on any atom is -0.489 e. The maximum Gasteiger partial charge on any atom is 0.252 e. The van der Waals surface area contributed by atoms with Gasteiger partial charge in [-0.25, -0.2) is 0 Å². The Morgan fingerprint density at radius 3 is 2.64 bits per heavy atom. The molecule has 0 bridgehead atoms. The van der Waals surface area contributed by atoms with Gasteiger partial charge >= 0.3 is 0 Å². The van der Waals surface area contributed by atoms with Crippen molar-refractivity contribution in [3.8, 4) is 5.75 Å². The molecule has 5 nitrogen and oxygen atoms in total. The molecular weight excluding hydrogens is 376 g/mol. The molecule has 0 saturated carbocycles. The number of aliphatic hydroxyl groups is 1. The predicted octanol–water partition coefficient (Wildman–Crippen LogP) is 3.42. The zero-order valence-corrected chi connectivity index (χ0v) is 17.0. The fourth-order valence-corrected chi connectivity index (χ4v) is 2.78. The summed E-state index contributed by atoms with van der Waals surface area (Å²) in [5, 5.41) is 13.8. The minimum atomic E-state index is -0.740. The quantitative estimate of drug-likeness (QED) is 0.501. The molecule has 0 fully saturated rings. The van der Waals surface area contributed by atoms with Gasteiger partial charge in [0.25, 0.3) is 5.91 Å². The van der Waals surface area contributed by atoms with Gasteiger partial charge in [-0.1, -0.05) is 49.1 Å². The summed E-state index contributed by atoms with van der Waals surface area (Å²) in [7, 11) is 0. The Bertz CT molecular complexity index is 753. The van der Waals surface area contributed by atoms with Crippen LogP contribution in [0.1, 0.15) is 40.9 Å². The van der Waals surface area contributed by atoms with E-state index in [0.717, 1.165) is 12.8 Å². The largest absolute Gasteiger partial charge is 0.489 e. The van der Waals surface area contributed by atoms with Crippen LogP contribution in [0.15, 0.2) is 61.2 Å². The number of hydrogen-bond donors (Lipinski definition) is 3. The summed E-state index contributed by atoms with van der Waals surface area (Å²) in [6.45, 7) is 6.35. The molecule has 2 unspecified atom stereocenters. The van der Waals surface area contributed by atoms with Crippen molar-refractivity contribution in [2.45, 2.75) is 31.9 Å². The minimum absolute atomic E-state index is 0. The number of aliphatic hydroxyl groups excluding tert-OH is 1. The SMILES string of the molecule is C=CCOc1ccc(C(O)CNC(C)CCc2ccccc2)cc1C(N)=O.Cl. The summed E-state index contributed by atoms with van der Waals surface area (Å²) in [6, 6.07) is 15.5. The highest BCUT2D eigenvalue weighted by atomic mass is 35.5. The maximum absolute atomic E-state index is 11.7. The van der Waals surface area contributed by atoms with Gasteiger partial charge in [0.2, 0.25) is 0 Å². The maximum atomic E-state index is 11.7. The third kappa shape index (κ3) is 7.35. The standard InChI is InChI=1S/C22H28N2O3.ClH/c1-3-13-27-21-12-11-18(14-19(21)22(23)26)20(25)15-24-16(2)9-10-17-7-5-4-6-8-17;/h3-8,11-12,14,16,20,24-25H,1,9-10,13,15H2,2H3,(H2,23,26);1H. The zero-order chi connectivity index (χ0) is 19.6. The number of benzene rings is 2. The molecule has 6 heteroatoms. The molecule has 0 aliphatic carbocycles. The number of hydrogen-bond acceptors (Lipinski definition) is 4. The molecule has 1 amide bonds. The van der Waals surface area contributed by atoms with Crippen molar-refractivity contribution in [1.29, 1.82) is 0 Å². The highest BCUT2D eigenvalue weighted by Crippen LogP contribution is 2.23. The number of aryl methyl sites for hydroxylation is 1. The molecule has 0 radical (unpaired) electrons. The van der Waals surface area contributed by atoms with E-state index >= 15 is 0 Å². The van der Waals surface area contributed by atoms with Crippen LogP contribution in [0.2, 0.25) is 0 Å². The molecule has 152 valence electrons. The second kappa shape index (κ2) is 12.2. The van der Waals surface area contributed by atoms with Gasteiger partial charge in [-0.15, -0.1) is 12.4 Å². The number of nitrogens with one attached hydrogen (secondary N) is 1. The second-order valence-electron chi connectivity index (χ2n) is 6.57. The monoisotopic (exact) mass is 404 g/mol. The van der Waals surface area contributed by atoms with Crippen molar-refractivity contribution >= 4 is 18.3 Å². The van der Waals surface area contributed by atoms with E-state index in [2.05, 4.69) is 31.0 Å². The van der Waals surface area contributed by atoms with Gasteiger partial charge in [0, 0.05) is 12.6 Å². The number of ether oxygens (including phenoxy) is 1. The van der Waals surface area contributed by atoms with Crippen LogP contribution in [0.5, 0.6) is 5.75 Å². The first-order valence-corrected chi connectivity index (χ1v) is 9.14. The Balaban J connectivity index is 0.00000392. The van der Waals surface area contributed by atoms with Crippen molar-refractivity contribution in [1.82, 2.24) is 5.32 Å². The smallest absolute Gasteiger partial charge is 0.252 e. The Labute approximate surface area is 173 Å². The van der Waals surface area contributed by atoms with E-state index in [1.54, 1.807) is 24.3 Å². The lowest BCUT2D eigenvalue weighted by atomic mass is 10.0. The highest BCUT2D eigenvalue weighted by molar-refractivity contribution is 5.95. The second-order valence-corrected chi connectivity index (χ2v) is 6.57. The van der Waals surface area contributed by atoms with E-state index in [-0.39, 0.29) is 30.6 Å². The number of amides is 1. The summed E-state index contributed by atoms with van der Waals surface area (Å²) in [5.74, 6) is -0.199. The molecule has 0 aliphatic heterocycles. The van der Waals surface area contributed by atoms with Crippen molar-refractivity contribution in [2.75, 3.05) is 13.2 Å². The molecule has 0 aliphatic rings. The number of nitrogens with two attached hydrogens (primary N) is 1. The number of primary amides is 1. The van der Waals surface area contributed by atoms with E-state index in [1.807, 2.05) is 18.2 Å². The van der Waals surface area contributed by atoms with Gasteiger partial charge in [0.1, 0.15) is 12.4 Å². The molecule has 2 aromatic carbocycles. The lowest BCUT2D eigenvalue weighted by Crippen LogP contribution is -2.31. The fourth-order valence-electron chi connectivity index (χ4n) is 2.78. The van der Waals surface area contributed by atoms with Crippen LogP contribution in [-0.2, 0) is 6.42 Å². The van der Waals surface area contributed by atoms with Crippen LogP contribution in [0.25, 0.3) is 0 Å². The van der Waals surface area contributed by atoms with E-state index in [0.29, 0.717) is 17.9 Å². The van der Waals surface area contributed by atoms with Gasteiger partial charge in [-0.2, -0.15) is 0 Å². The van der Waals surface area contributed by atoms with E-state index in [4.69, 9.17) is 10.5 Å². The summed E-state index contributed by atoms with van der Waals surface area (Å²) in [4.78, 5) is 11.7. The van der Waals surface area contributed by atoms with Crippen LogP contribution in [-0.4, -0.2) is 30.2 Å². The molecule has 0 heterocycles. The van der Waals surface area contributed by atoms with Gasteiger partial charge < -0.3 is 20.9 Å².